The van der Waals surface area contributed by atoms with Gasteiger partial charge in [0.05, 0.1) is 81.8 Å². The van der Waals surface area contributed by atoms with Crippen LogP contribution in [-0.4, -0.2) is 185 Å². The second kappa shape index (κ2) is 45.5. The van der Waals surface area contributed by atoms with Gasteiger partial charge < -0.3 is 68.1 Å². The molecule has 6 fully saturated rings. The Morgan fingerprint density at radius 1 is 0.399 bits per heavy atom. The molecule has 9 heterocycles. The number of hydrogen-bond acceptors (Lipinski definition) is 21. The minimum atomic E-state index is -4.55. The summed E-state index contributed by atoms with van der Waals surface area (Å²) in [5.74, 6) is -2.87. The molecule has 6 aliphatic heterocycles. The zero-order valence-electron chi connectivity index (χ0n) is 80.8. The number of hydrogen-bond donors (Lipinski definition) is 2. The second-order valence-electron chi connectivity index (χ2n) is 41.8. The number of rotatable bonds is 6. The summed E-state index contributed by atoms with van der Waals surface area (Å²) >= 11 is 0. The van der Waals surface area contributed by atoms with Gasteiger partial charge in [-0.1, -0.05) is 159 Å². The van der Waals surface area contributed by atoms with Crippen LogP contribution >= 0.6 is 0 Å². The van der Waals surface area contributed by atoms with Crippen LogP contribution < -0.4 is 24.8 Å². The van der Waals surface area contributed by atoms with E-state index in [0.29, 0.717) is 72.2 Å². The molecule has 38 heteroatoms. The van der Waals surface area contributed by atoms with Gasteiger partial charge in [0, 0.05) is 61.6 Å². The number of alkyl carbamates (subject to hydrolysis) is 2. The van der Waals surface area contributed by atoms with Gasteiger partial charge in [0.2, 0.25) is 35.4 Å². The zero-order valence-corrected chi connectivity index (χ0v) is 85.0. The Labute approximate surface area is 836 Å². The van der Waals surface area contributed by atoms with Gasteiger partial charge in [-0.25, -0.2) is 58.4 Å². The Balaban J connectivity index is 0.000000211. The Hall–Kier alpha value is -8.37. The largest absolute Gasteiger partial charge is 0.540 e. The molecule has 26 nitrogen and oxygen atoms in total. The third kappa shape index (κ3) is 26.0. The van der Waals surface area contributed by atoms with E-state index in [2.05, 4.69) is 35.6 Å². The molecule has 753 valence electrons. The molecule has 6 aromatic rings. The first-order valence-electron chi connectivity index (χ1n) is 47.9. The van der Waals surface area contributed by atoms with Crippen molar-refractivity contribution in [3.05, 3.63) is 88.4 Å². The Morgan fingerprint density at radius 3 is 1.13 bits per heavy atom. The fourth-order valence-electron chi connectivity index (χ4n) is 21.1. The summed E-state index contributed by atoms with van der Waals surface area (Å²) in [5.41, 5.74) is -3.06. The molecule has 9 aliphatic rings. The molecule has 3 radical (unpaired) electrons. The number of benzene rings is 3. The molecule has 0 spiro atoms. The fraction of sp³-hybridized carbons (Fsp3) is 0.670. The van der Waals surface area contributed by atoms with E-state index in [9.17, 15) is 82.7 Å². The van der Waals surface area contributed by atoms with Crippen molar-refractivity contribution in [1.29, 1.82) is 0 Å². The number of carbonyl (C=O) groups excluding carboxylic acids is 9. The number of amides is 5. The van der Waals surface area contributed by atoms with Crippen LogP contribution in [0.5, 0.6) is 17.6 Å². The maximum Gasteiger partial charge on any atom is 0.416 e. The standard InChI is InChI=1S/C34H44F3N4O5.C33H42F3N4O5.C33H41F3N3O5.3V/c1-6-22-26(19-42)41-18-27(22)45-29-24(38-23-15-14-21(34(35,36)37)17-25(23)39-29)13-9-7-8-11-20-12-10-16-33(20,5)46-31(44)40-28(30(41)43)32(2,3)4;1-5-21-25(18-41)40-17-27(21)44-29-23(37-22-15-14-20(33(34,35)36)16-24(22)38-29)12-8-6-7-10-19-11-9-13-26(19)45-31(43)39-28(30(40)42)32(2,3)4;1-6-21-26(18-40)39-17-27(21)43-29-24(37-23-13-12-19(33(34,35)36)14-25(23)38-29)11-9-7-8-10-20-16-32(20,5)44-28(41)15-22(30(39)42)31(2,3)4;;;/h14-15,17,20,22,26-28H,6-13,16,18H2,1-5H3,(H,40,44);14-16,19,21,25-28H,5-13,17H2,1-4H3,(H,39,43);12-14,20-22,26-27H,6-11,15-17H2,1-5H3;;;/q3*-1;;;/t20-,22+,26-,27+,28-,33-;19-,21+,25-,26-,27+,28-;20-,21+,22-,26-,27+,32-;;;/m111.../s1. The van der Waals surface area contributed by atoms with Crippen molar-refractivity contribution in [3.63, 3.8) is 0 Å². The summed E-state index contributed by atoms with van der Waals surface area (Å²) in [7, 11) is 0. The van der Waals surface area contributed by atoms with Crippen LogP contribution in [-0.2, 0) is 141 Å². The van der Waals surface area contributed by atoms with Gasteiger partial charge >= 0.3 is 36.7 Å². The third-order valence-electron chi connectivity index (χ3n) is 29.1. The van der Waals surface area contributed by atoms with Crippen LogP contribution in [0.15, 0.2) is 54.6 Å². The van der Waals surface area contributed by atoms with Gasteiger partial charge in [-0.3, -0.25) is 19.2 Å². The van der Waals surface area contributed by atoms with Crippen molar-refractivity contribution in [2.24, 2.45) is 57.7 Å². The predicted molar refractivity (Wildman–Crippen MR) is 481 cm³/mol. The normalized spacial score (nSPS) is 29.1. The average molecular weight is 2050 g/mol. The molecule has 3 saturated heterocycles. The number of alkyl halides is 9. The SMILES string of the molecule is CC[C@@H]1[C@@H]2CN(C(=O)[C@H](C(C)(C)C)CC(=O)O[C@]3(C)C[C@H]3CCCCCc3nc4ccc(C(F)(F)F)cc4nc3O2)[C@@H]1[C-]=O.CC[C@@H]1[C@@H]2CN(C(=O)[C@H](C(C)(C)C)NC(=O)O[C@@H]3CCC[C@H]3CCCCCc3nc4ccc(C(F)(F)F)cc4nc3O2)[C@@H]1[C-]=O.CC[C@@H]1[C@@H]2CN(C(=O)[C@H](C(C)(C)C)NC(=O)O[C@]3(C)CCC[C@H]3CCCCCc3nc4ccc(C(F)(F)F)cc4nc3O2)[C@@H]1[C-]=O.[V].[V].[V]. The summed E-state index contributed by atoms with van der Waals surface area (Å²) < 4.78 is 159. The summed E-state index contributed by atoms with van der Waals surface area (Å²) in [6.07, 6.45) is 7.84. The van der Waals surface area contributed by atoms with Crippen LogP contribution in [0.3, 0.4) is 0 Å². The molecule has 6 bridgehead atoms. The van der Waals surface area contributed by atoms with Gasteiger partial charge in [0.1, 0.15) is 64.8 Å². The first-order valence-corrected chi connectivity index (χ1v) is 47.9. The second-order valence-corrected chi connectivity index (χ2v) is 41.8. The molecule has 5 amide bonds. The molecular formula is C100H127F9N11O15V3-3. The van der Waals surface area contributed by atoms with Gasteiger partial charge in [-0.05, 0) is 217 Å². The Kier molecular flexibility index (Phi) is 36.8. The summed E-state index contributed by atoms with van der Waals surface area (Å²) in [6, 6.07) is 4.98. The van der Waals surface area contributed by atoms with E-state index in [1.54, 1.807) is 0 Å². The number of ether oxygens (including phenoxy) is 6. The van der Waals surface area contributed by atoms with Gasteiger partial charge in [-0.15, -0.1) is 0 Å². The monoisotopic (exact) mass is 2050 g/mol. The van der Waals surface area contributed by atoms with Gasteiger partial charge in [0.25, 0.3) is 0 Å². The first-order chi connectivity index (χ1) is 63.6. The molecule has 138 heavy (non-hydrogen) atoms. The number of carbonyl (C=O) groups is 6. The maximum absolute atomic E-state index is 14.2. The van der Waals surface area contributed by atoms with Crippen LogP contribution in [0.4, 0.5) is 49.1 Å². The Bertz CT molecular complexity index is 5330. The topological polar surface area (TPSA) is 320 Å². The molecule has 3 aromatic heterocycles. The summed E-state index contributed by atoms with van der Waals surface area (Å²) in [5, 5.41) is 5.62. The van der Waals surface area contributed by atoms with Crippen LogP contribution in [0.1, 0.15) is 278 Å². The predicted octanol–water partition coefficient (Wildman–Crippen LogP) is 19.0. The van der Waals surface area contributed by atoms with E-state index in [4.69, 9.17) is 33.4 Å². The maximum atomic E-state index is 14.2. The van der Waals surface area contributed by atoms with E-state index >= 15 is 0 Å². The Morgan fingerprint density at radius 2 is 0.761 bits per heavy atom. The van der Waals surface area contributed by atoms with E-state index < -0.39 is 165 Å². The molecule has 3 aromatic carbocycles. The van der Waals surface area contributed by atoms with Crippen molar-refractivity contribution in [1.82, 2.24) is 55.2 Å². The number of fused-ring (bicyclic) bond motifs is 15. The van der Waals surface area contributed by atoms with Crippen LogP contribution in [0.25, 0.3) is 33.1 Å². The quantitative estimate of drug-likeness (QED) is 0.0677. The smallest absolute Gasteiger partial charge is 0.416 e. The fourth-order valence-corrected chi connectivity index (χ4v) is 21.1. The van der Waals surface area contributed by atoms with Crippen molar-refractivity contribution in [2.75, 3.05) is 19.6 Å². The number of aryl methyl sites for hydroxylation is 3. The molecule has 2 N–H and O–H groups in total. The van der Waals surface area contributed by atoms with Gasteiger partial charge in [-0.2, -0.15) is 39.5 Å². The molecular weight excluding hydrogens is 1920 g/mol. The third-order valence-corrected chi connectivity index (χ3v) is 29.1. The number of halogens is 9. The zero-order chi connectivity index (χ0) is 98.0. The number of esters is 1. The molecule has 15 rings (SSSR count). The summed E-state index contributed by atoms with van der Waals surface area (Å²) in [4.78, 5) is 151. The van der Waals surface area contributed by atoms with Crippen molar-refractivity contribution in [3.8, 4) is 17.6 Å². The van der Waals surface area contributed by atoms with E-state index in [1.165, 1.54) is 32.9 Å². The van der Waals surface area contributed by atoms with Crippen molar-refractivity contribution in [2.45, 2.75) is 348 Å². The van der Waals surface area contributed by atoms with E-state index in [1.807, 2.05) is 116 Å². The van der Waals surface area contributed by atoms with Crippen LogP contribution in [0.2, 0.25) is 0 Å². The number of nitrogens with zero attached hydrogens (tertiary/aromatic N) is 9. The summed E-state index contributed by atoms with van der Waals surface area (Å²) in [6.45, 7) is 26.2. The number of nitrogens with one attached hydrogen (secondary N) is 2. The first kappa shape index (κ1) is 112. The van der Waals surface area contributed by atoms with Crippen molar-refractivity contribution >= 4 is 87.8 Å². The average Bonchev–Trinajstić information content (AvgIpc) is 1.60. The molecule has 0 unspecified atom stereocenters. The van der Waals surface area contributed by atoms with E-state index in [-0.39, 0.29) is 146 Å². The van der Waals surface area contributed by atoms with Crippen LogP contribution in [0, 0.1) is 57.7 Å². The van der Waals surface area contributed by atoms with Gasteiger partial charge in [0.15, 0.2) is 0 Å². The molecule has 3 aliphatic carbocycles. The van der Waals surface area contributed by atoms with Crippen molar-refractivity contribution < 1.29 is 167 Å². The van der Waals surface area contributed by atoms with E-state index in [0.717, 1.165) is 158 Å². The minimum absolute atomic E-state index is 0. The molecule has 3 saturated carbocycles. The number of aromatic nitrogens is 6. The minimum Gasteiger partial charge on any atom is -0.540 e. The molecule has 18 atom stereocenters.